The SMILES string of the molecule is CCCCC(N)CCCN. The van der Waals surface area contributed by atoms with Gasteiger partial charge in [-0.2, -0.15) is 0 Å². The Kier molecular flexibility index (Phi) is 6.98. The first-order valence-corrected chi connectivity index (χ1v) is 4.27. The fraction of sp³-hybridized carbons (Fsp3) is 1.00. The van der Waals surface area contributed by atoms with Crippen molar-refractivity contribution in [2.24, 2.45) is 11.5 Å². The molecule has 0 aliphatic carbocycles. The van der Waals surface area contributed by atoms with Gasteiger partial charge in [0.1, 0.15) is 0 Å². The third-order valence-electron chi connectivity index (χ3n) is 1.71. The molecule has 0 heterocycles. The molecule has 0 aromatic rings. The Hall–Kier alpha value is -0.0800. The van der Waals surface area contributed by atoms with Crippen LogP contribution >= 0.6 is 0 Å². The van der Waals surface area contributed by atoms with Crippen molar-refractivity contribution in [3.63, 3.8) is 0 Å². The van der Waals surface area contributed by atoms with Gasteiger partial charge in [-0.15, -0.1) is 0 Å². The normalized spacial score (nSPS) is 13.5. The van der Waals surface area contributed by atoms with Crippen LogP contribution in [0.15, 0.2) is 0 Å². The quantitative estimate of drug-likeness (QED) is 0.589. The first kappa shape index (κ1) is 9.92. The fourth-order valence-corrected chi connectivity index (χ4v) is 0.991. The van der Waals surface area contributed by atoms with E-state index in [1.54, 1.807) is 0 Å². The van der Waals surface area contributed by atoms with Crippen LogP contribution in [0.4, 0.5) is 0 Å². The van der Waals surface area contributed by atoms with E-state index in [9.17, 15) is 0 Å². The van der Waals surface area contributed by atoms with Gasteiger partial charge >= 0.3 is 0 Å². The second kappa shape index (κ2) is 7.03. The van der Waals surface area contributed by atoms with E-state index in [1.165, 1.54) is 12.8 Å². The van der Waals surface area contributed by atoms with Crippen LogP contribution in [0.3, 0.4) is 0 Å². The van der Waals surface area contributed by atoms with Crippen LogP contribution < -0.4 is 11.5 Å². The van der Waals surface area contributed by atoms with Crippen molar-refractivity contribution in [1.82, 2.24) is 0 Å². The predicted octanol–water partition coefficient (Wildman–Crippen LogP) is 1.24. The third-order valence-corrected chi connectivity index (χ3v) is 1.71. The van der Waals surface area contributed by atoms with Crippen LogP contribution in [0.25, 0.3) is 0 Å². The molecule has 2 heteroatoms. The molecule has 2 nitrogen and oxygen atoms in total. The van der Waals surface area contributed by atoms with Gasteiger partial charge in [0.25, 0.3) is 0 Å². The van der Waals surface area contributed by atoms with E-state index < -0.39 is 0 Å². The Morgan fingerprint density at radius 3 is 2.30 bits per heavy atom. The summed E-state index contributed by atoms with van der Waals surface area (Å²) in [6, 6.07) is 0.392. The Labute approximate surface area is 64.0 Å². The maximum absolute atomic E-state index is 5.79. The molecule has 62 valence electrons. The Balaban J connectivity index is 3.00. The van der Waals surface area contributed by atoms with Crippen LogP contribution in [0.5, 0.6) is 0 Å². The lowest BCUT2D eigenvalue weighted by molar-refractivity contribution is 0.527. The number of rotatable bonds is 6. The van der Waals surface area contributed by atoms with E-state index in [1.807, 2.05) is 0 Å². The molecule has 0 spiro atoms. The van der Waals surface area contributed by atoms with Crippen molar-refractivity contribution in [2.45, 2.75) is 45.1 Å². The molecule has 0 amide bonds. The summed E-state index contributed by atoms with van der Waals surface area (Å²) in [5.41, 5.74) is 11.1. The number of hydrogen-bond acceptors (Lipinski definition) is 2. The van der Waals surface area contributed by atoms with Crippen LogP contribution in [0.2, 0.25) is 0 Å². The van der Waals surface area contributed by atoms with Gasteiger partial charge in [0, 0.05) is 6.04 Å². The first-order chi connectivity index (χ1) is 4.81. The van der Waals surface area contributed by atoms with Gasteiger partial charge in [-0.25, -0.2) is 0 Å². The van der Waals surface area contributed by atoms with E-state index in [0.29, 0.717) is 6.04 Å². The highest BCUT2D eigenvalue weighted by Gasteiger charge is 1.99. The van der Waals surface area contributed by atoms with Crippen LogP contribution in [-0.2, 0) is 0 Å². The Morgan fingerprint density at radius 2 is 1.80 bits per heavy atom. The highest BCUT2D eigenvalue weighted by molar-refractivity contribution is 4.60. The van der Waals surface area contributed by atoms with Crippen molar-refractivity contribution in [2.75, 3.05) is 6.54 Å². The minimum Gasteiger partial charge on any atom is -0.330 e. The average Bonchev–Trinajstić information content (AvgIpc) is 1.97. The molecule has 4 N–H and O–H groups in total. The van der Waals surface area contributed by atoms with Gasteiger partial charge < -0.3 is 11.5 Å². The summed E-state index contributed by atoms with van der Waals surface area (Å²) < 4.78 is 0. The molecule has 1 atom stereocenters. The zero-order chi connectivity index (χ0) is 7.82. The monoisotopic (exact) mass is 144 g/mol. The minimum absolute atomic E-state index is 0.392. The molecule has 0 saturated carbocycles. The topological polar surface area (TPSA) is 52.0 Å². The fourth-order valence-electron chi connectivity index (χ4n) is 0.991. The molecule has 0 rings (SSSR count). The molecule has 0 aromatic carbocycles. The van der Waals surface area contributed by atoms with Gasteiger partial charge in [0.2, 0.25) is 0 Å². The first-order valence-electron chi connectivity index (χ1n) is 4.27. The largest absolute Gasteiger partial charge is 0.330 e. The van der Waals surface area contributed by atoms with Gasteiger partial charge in [-0.1, -0.05) is 19.8 Å². The molecule has 0 bridgehead atoms. The van der Waals surface area contributed by atoms with Crippen LogP contribution in [0.1, 0.15) is 39.0 Å². The van der Waals surface area contributed by atoms with Gasteiger partial charge in [-0.05, 0) is 25.8 Å². The summed E-state index contributed by atoms with van der Waals surface area (Å²) in [7, 11) is 0. The molecule has 0 radical (unpaired) electrons. The number of hydrogen-bond donors (Lipinski definition) is 2. The third kappa shape index (κ3) is 6.05. The molecule has 10 heavy (non-hydrogen) atoms. The zero-order valence-electron chi connectivity index (χ0n) is 6.97. The van der Waals surface area contributed by atoms with Crippen molar-refractivity contribution in [1.29, 1.82) is 0 Å². The standard InChI is InChI=1S/C8H20N2/c1-2-3-5-8(10)6-4-7-9/h8H,2-7,9-10H2,1H3. The van der Waals surface area contributed by atoms with E-state index in [-0.39, 0.29) is 0 Å². The Bertz CT molecular complexity index is 56.3. The smallest absolute Gasteiger partial charge is 0.00392 e. The molecule has 1 unspecified atom stereocenters. The van der Waals surface area contributed by atoms with E-state index in [4.69, 9.17) is 11.5 Å². The molecule has 0 aliphatic heterocycles. The molecular weight excluding hydrogens is 124 g/mol. The molecule has 0 aromatic heterocycles. The minimum atomic E-state index is 0.392. The van der Waals surface area contributed by atoms with Gasteiger partial charge in [0.15, 0.2) is 0 Å². The molecular formula is C8H20N2. The van der Waals surface area contributed by atoms with E-state index in [0.717, 1.165) is 25.8 Å². The summed E-state index contributed by atoms with van der Waals surface area (Å²) in [5, 5.41) is 0. The zero-order valence-corrected chi connectivity index (χ0v) is 6.97. The van der Waals surface area contributed by atoms with E-state index >= 15 is 0 Å². The summed E-state index contributed by atoms with van der Waals surface area (Å²) in [6.45, 7) is 2.97. The molecule has 0 fully saturated rings. The maximum atomic E-state index is 5.79. The number of nitrogens with two attached hydrogens (primary N) is 2. The van der Waals surface area contributed by atoms with Gasteiger partial charge in [0.05, 0.1) is 0 Å². The van der Waals surface area contributed by atoms with Crippen molar-refractivity contribution in [3.05, 3.63) is 0 Å². The summed E-state index contributed by atoms with van der Waals surface area (Å²) in [4.78, 5) is 0. The predicted molar refractivity (Wildman–Crippen MR) is 45.8 cm³/mol. The molecule has 0 aliphatic rings. The molecule has 0 saturated heterocycles. The van der Waals surface area contributed by atoms with Crippen molar-refractivity contribution in [3.8, 4) is 0 Å². The second-order valence-corrected chi connectivity index (χ2v) is 2.83. The summed E-state index contributed by atoms with van der Waals surface area (Å²) in [5.74, 6) is 0. The average molecular weight is 144 g/mol. The van der Waals surface area contributed by atoms with Gasteiger partial charge in [-0.3, -0.25) is 0 Å². The maximum Gasteiger partial charge on any atom is 0.00392 e. The van der Waals surface area contributed by atoms with Crippen LogP contribution in [-0.4, -0.2) is 12.6 Å². The lowest BCUT2D eigenvalue weighted by atomic mass is 10.1. The van der Waals surface area contributed by atoms with Crippen molar-refractivity contribution >= 4 is 0 Å². The van der Waals surface area contributed by atoms with E-state index in [2.05, 4.69) is 6.92 Å². The number of unbranched alkanes of at least 4 members (excludes halogenated alkanes) is 1. The lowest BCUT2D eigenvalue weighted by Gasteiger charge is -2.08. The summed E-state index contributed by atoms with van der Waals surface area (Å²) >= 11 is 0. The van der Waals surface area contributed by atoms with Crippen LogP contribution in [0, 0.1) is 0 Å². The highest BCUT2D eigenvalue weighted by Crippen LogP contribution is 2.02. The lowest BCUT2D eigenvalue weighted by Crippen LogP contribution is -2.20. The highest BCUT2D eigenvalue weighted by atomic mass is 14.6. The second-order valence-electron chi connectivity index (χ2n) is 2.83. The van der Waals surface area contributed by atoms with Crippen molar-refractivity contribution < 1.29 is 0 Å². The Morgan fingerprint density at radius 1 is 1.20 bits per heavy atom. The summed E-state index contributed by atoms with van der Waals surface area (Å²) in [6.07, 6.45) is 5.83.